The molecule has 0 saturated heterocycles. The smallest absolute Gasteiger partial charge is 0.248 e. The molecule has 2 aromatic carbocycles. The summed E-state index contributed by atoms with van der Waals surface area (Å²) in [5.74, 6) is 1.71. The molecule has 1 aromatic heterocycles. The summed E-state index contributed by atoms with van der Waals surface area (Å²) in [7, 11) is 0. The Labute approximate surface area is 177 Å². The number of anilines is 1. The number of benzene rings is 2. The molecule has 1 heterocycles. The SMILES string of the molecule is CCOc1cc2oc3c(c2cc1/C(C)=C/C(=O)Nc1ccc(CC)cc1)CCCC3. The van der Waals surface area contributed by atoms with Gasteiger partial charge in [-0.05, 0) is 68.9 Å². The molecule has 3 aromatic rings. The molecule has 156 valence electrons. The first-order chi connectivity index (χ1) is 14.6. The van der Waals surface area contributed by atoms with Crippen LogP contribution in [0, 0.1) is 0 Å². The highest BCUT2D eigenvalue weighted by Crippen LogP contribution is 2.38. The fraction of sp³-hybridized carbons (Fsp3) is 0.346. The van der Waals surface area contributed by atoms with Crippen molar-refractivity contribution in [1.82, 2.24) is 0 Å². The first kappa shape index (κ1) is 20.3. The number of ether oxygens (including phenoxy) is 1. The number of hydrogen-bond acceptors (Lipinski definition) is 3. The summed E-state index contributed by atoms with van der Waals surface area (Å²) in [5, 5.41) is 4.10. The topological polar surface area (TPSA) is 51.5 Å². The van der Waals surface area contributed by atoms with Crippen LogP contribution in [-0.4, -0.2) is 12.5 Å². The first-order valence-electron chi connectivity index (χ1n) is 10.9. The fourth-order valence-electron chi connectivity index (χ4n) is 4.15. The molecule has 0 saturated carbocycles. The van der Waals surface area contributed by atoms with Gasteiger partial charge < -0.3 is 14.5 Å². The van der Waals surface area contributed by atoms with E-state index in [0.29, 0.717) is 6.61 Å². The number of carbonyl (C=O) groups is 1. The molecule has 0 atom stereocenters. The van der Waals surface area contributed by atoms with Crippen LogP contribution >= 0.6 is 0 Å². The minimum Gasteiger partial charge on any atom is -0.493 e. The maximum atomic E-state index is 12.6. The van der Waals surface area contributed by atoms with Gasteiger partial charge in [0.05, 0.1) is 6.61 Å². The Hall–Kier alpha value is -3.01. The zero-order valence-corrected chi connectivity index (χ0v) is 18.0. The summed E-state index contributed by atoms with van der Waals surface area (Å²) in [6.07, 6.45) is 7.04. The number of hydrogen-bond donors (Lipinski definition) is 1. The van der Waals surface area contributed by atoms with E-state index >= 15 is 0 Å². The molecule has 1 amide bonds. The lowest BCUT2D eigenvalue weighted by Crippen LogP contribution is -2.08. The number of fused-ring (bicyclic) bond motifs is 3. The standard InChI is InChI=1S/C26H29NO3/c1-4-18-10-12-19(13-11-18)27-26(28)14-17(3)21-15-22-20-8-6-7-9-23(20)30-25(22)16-24(21)29-5-2/h10-16H,4-9H2,1-3H3,(H,27,28)/b17-14+. The Kier molecular flexibility index (Phi) is 5.93. The molecule has 4 rings (SSSR count). The average Bonchev–Trinajstić information content (AvgIpc) is 3.11. The third kappa shape index (κ3) is 4.13. The van der Waals surface area contributed by atoms with Crippen LogP contribution in [0.25, 0.3) is 16.5 Å². The van der Waals surface area contributed by atoms with E-state index in [9.17, 15) is 4.79 Å². The highest BCUT2D eigenvalue weighted by Gasteiger charge is 2.20. The first-order valence-corrected chi connectivity index (χ1v) is 10.9. The zero-order valence-electron chi connectivity index (χ0n) is 18.0. The number of nitrogens with one attached hydrogen (secondary N) is 1. The molecule has 0 radical (unpaired) electrons. The molecule has 1 N–H and O–H groups in total. The highest BCUT2D eigenvalue weighted by atomic mass is 16.5. The highest BCUT2D eigenvalue weighted by molar-refractivity contribution is 6.04. The van der Waals surface area contributed by atoms with Crippen molar-refractivity contribution in [3.8, 4) is 5.75 Å². The van der Waals surface area contributed by atoms with Crippen molar-refractivity contribution in [3.63, 3.8) is 0 Å². The van der Waals surface area contributed by atoms with Gasteiger partial charge in [0.25, 0.3) is 0 Å². The minimum absolute atomic E-state index is 0.145. The van der Waals surface area contributed by atoms with Crippen molar-refractivity contribution >= 4 is 28.1 Å². The van der Waals surface area contributed by atoms with E-state index in [2.05, 4.69) is 18.3 Å². The molecular weight excluding hydrogens is 374 g/mol. The maximum absolute atomic E-state index is 12.6. The van der Waals surface area contributed by atoms with Gasteiger partial charge in [0.15, 0.2) is 0 Å². The summed E-state index contributed by atoms with van der Waals surface area (Å²) >= 11 is 0. The van der Waals surface area contributed by atoms with E-state index in [4.69, 9.17) is 9.15 Å². The summed E-state index contributed by atoms with van der Waals surface area (Å²) < 4.78 is 12.0. The third-order valence-electron chi connectivity index (χ3n) is 5.76. The quantitative estimate of drug-likeness (QED) is 0.490. The summed E-state index contributed by atoms with van der Waals surface area (Å²) in [6.45, 7) is 6.59. The number of amides is 1. The minimum atomic E-state index is -0.145. The Morgan fingerprint density at radius 2 is 1.90 bits per heavy atom. The molecule has 4 nitrogen and oxygen atoms in total. The number of furan rings is 1. The van der Waals surface area contributed by atoms with Crippen molar-refractivity contribution in [2.75, 3.05) is 11.9 Å². The number of aryl methyl sites for hydroxylation is 3. The van der Waals surface area contributed by atoms with Crippen LogP contribution in [0.4, 0.5) is 5.69 Å². The Balaban J connectivity index is 1.65. The largest absolute Gasteiger partial charge is 0.493 e. The van der Waals surface area contributed by atoms with Gasteiger partial charge >= 0.3 is 0 Å². The van der Waals surface area contributed by atoms with Crippen molar-refractivity contribution in [2.24, 2.45) is 0 Å². The molecule has 0 unspecified atom stereocenters. The summed E-state index contributed by atoms with van der Waals surface area (Å²) in [4.78, 5) is 12.6. The van der Waals surface area contributed by atoms with Gasteiger partial charge in [0.2, 0.25) is 5.91 Å². The lowest BCUT2D eigenvalue weighted by Gasteiger charge is -2.12. The fourth-order valence-corrected chi connectivity index (χ4v) is 4.15. The molecule has 0 bridgehead atoms. The number of rotatable bonds is 6. The van der Waals surface area contributed by atoms with E-state index in [1.165, 1.54) is 24.0 Å². The molecule has 1 aliphatic carbocycles. The van der Waals surface area contributed by atoms with Crippen LogP contribution in [0.3, 0.4) is 0 Å². The van der Waals surface area contributed by atoms with E-state index in [0.717, 1.165) is 58.6 Å². The van der Waals surface area contributed by atoms with Crippen molar-refractivity contribution < 1.29 is 13.9 Å². The molecule has 30 heavy (non-hydrogen) atoms. The van der Waals surface area contributed by atoms with Crippen LogP contribution in [-0.2, 0) is 24.1 Å². The van der Waals surface area contributed by atoms with Crippen molar-refractivity contribution in [3.05, 3.63) is 64.9 Å². The predicted molar refractivity (Wildman–Crippen MR) is 122 cm³/mol. The van der Waals surface area contributed by atoms with Crippen molar-refractivity contribution in [2.45, 2.75) is 52.9 Å². The van der Waals surface area contributed by atoms with E-state index < -0.39 is 0 Å². The van der Waals surface area contributed by atoms with Gasteiger partial charge in [0.1, 0.15) is 17.1 Å². The van der Waals surface area contributed by atoms with Gasteiger partial charge in [-0.2, -0.15) is 0 Å². The maximum Gasteiger partial charge on any atom is 0.248 e. The Bertz CT molecular complexity index is 1090. The molecule has 4 heteroatoms. The second kappa shape index (κ2) is 8.78. The number of allylic oxidation sites excluding steroid dienone is 1. The van der Waals surface area contributed by atoms with E-state index in [1.807, 2.05) is 44.2 Å². The summed E-state index contributed by atoms with van der Waals surface area (Å²) in [5.41, 5.74) is 6.04. The number of carbonyl (C=O) groups excluding carboxylic acids is 1. The predicted octanol–water partition coefficient (Wildman–Crippen LogP) is 6.31. The van der Waals surface area contributed by atoms with Crippen LogP contribution in [0.1, 0.15) is 56.1 Å². The van der Waals surface area contributed by atoms with Crippen LogP contribution < -0.4 is 10.1 Å². The molecule has 0 fully saturated rings. The lowest BCUT2D eigenvalue weighted by molar-refractivity contribution is -0.111. The summed E-state index contributed by atoms with van der Waals surface area (Å²) in [6, 6.07) is 12.1. The van der Waals surface area contributed by atoms with Crippen LogP contribution in [0.15, 0.2) is 46.9 Å². The zero-order chi connectivity index (χ0) is 21.1. The molecule has 1 aliphatic rings. The molecular formula is C26H29NO3. The van der Waals surface area contributed by atoms with Gasteiger partial charge in [0, 0.05) is 40.8 Å². The second-order valence-corrected chi connectivity index (χ2v) is 7.86. The van der Waals surface area contributed by atoms with Gasteiger partial charge in [-0.1, -0.05) is 19.1 Å². The van der Waals surface area contributed by atoms with Gasteiger partial charge in [-0.15, -0.1) is 0 Å². The normalized spacial score (nSPS) is 13.9. The van der Waals surface area contributed by atoms with E-state index in [1.54, 1.807) is 6.08 Å². The van der Waals surface area contributed by atoms with Crippen molar-refractivity contribution in [1.29, 1.82) is 0 Å². The van der Waals surface area contributed by atoms with E-state index in [-0.39, 0.29) is 5.91 Å². The van der Waals surface area contributed by atoms with Crippen LogP contribution in [0.2, 0.25) is 0 Å². The average molecular weight is 404 g/mol. The molecule has 0 spiro atoms. The monoisotopic (exact) mass is 403 g/mol. The molecule has 0 aliphatic heterocycles. The van der Waals surface area contributed by atoms with Gasteiger partial charge in [-0.25, -0.2) is 0 Å². The van der Waals surface area contributed by atoms with Gasteiger partial charge in [-0.3, -0.25) is 4.79 Å². The lowest BCUT2D eigenvalue weighted by atomic mass is 9.94. The Morgan fingerprint density at radius 3 is 2.63 bits per heavy atom. The Morgan fingerprint density at radius 1 is 1.13 bits per heavy atom. The van der Waals surface area contributed by atoms with Crippen LogP contribution in [0.5, 0.6) is 5.75 Å². The second-order valence-electron chi connectivity index (χ2n) is 7.86. The third-order valence-corrected chi connectivity index (χ3v) is 5.76.